The second kappa shape index (κ2) is 7.90. The van der Waals surface area contributed by atoms with Crippen molar-refractivity contribution >= 4 is 11.4 Å². The van der Waals surface area contributed by atoms with Crippen LogP contribution >= 0.6 is 0 Å². The molecule has 1 unspecified atom stereocenters. The summed E-state index contributed by atoms with van der Waals surface area (Å²) in [5.41, 5.74) is 2.39. The maximum atomic E-state index is 14.7. The molecule has 3 aromatic rings. The van der Waals surface area contributed by atoms with Gasteiger partial charge in [0, 0.05) is 23.9 Å². The van der Waals surface area contributed by atoms with E-state index >= 15 is 0 Å². The molecule has 0 spiro atoms. The predicted octanol–water partition coefficient (Wildman–Crippen LogP) is 3.30. The van der Waals surface area contributed by atoms with Crippen molar-refractivity contribution in [2.24, 2.45) is 0 Å². The minimum absolute atomic E-state index is 0.340. The lowest BCUT2D eigenvalue weighted by molar-refractivity contribution is 0.411. The number of nitrogens with zero attached hydrogens (tertiary/aromatic N) is 2. The van der Waals surface area contributed by atoms with Crippen molar-refractivity contribution in [2.45, 2.75) is 18.4 Å². The number of hydrogen-bond acceptors (Lipinski definition) is 4. The summed E-state index contributed by atoms with van der Waals surface area (Å²) in [6.07, 6.45) is 4.88. The van der Waals surface area contributed by atoms with E-state index in [1.165, 1.54) is 23.3 Å². The molecule has 2 heterocycles. The van der Waals surface area contributed by atoms with E-state index in [9.17, 15) is 8.94 Å². The molecule has 0 radical (unpaired) electrons. The molecule has 26 heavy (non-hydrogen) atoms. The summed E-state index contributed by atoms with van der Waals surface area (Å²) in [6, 6.07) is 8.40. The monoisotopic (exact) mass is 373 g/mol. The molecule has 0 saturated carbocycles. The van der Waals surface area contributed by atoms with Crippen LogP contribution in [-0.2, 0) is 17.9 Å². The highest BCUT2D eigenvalue weighted by Crippen LogP contribution is 2.38. The molecule has 3 rings (SSSR count). The Balaban J connectivity index is 2.23. The molecule has 2 aromatic heterocycles. The Kier molecular flexibility index (Phi) is 5.61. The van der Waals surface area contributed by atoms with Gasteiger partial charge in [0.1, 0.15) is 22.9 Å². The van der Waals surface area contributed by atoms with Gasteiger partial charge in [-0.2, -0.15) is 3.97 Å². The first kappa shape index (κ1) is 18.4. The number of aromatic nitrogens is 2. The highest BCUT2D eigenvalue weighted by atomic mass is 32.2. The first-order chi connectivity index (χ1) is 12.6. The lowest BCUT2D eigenvalue weighted by Gasteiger charge is -2.14. The second-order valence-electron chi connectivity index (χ2n) is 5.81. The molecule has 0 fully saturated rings. The summed E-state index contributed by atoms with van der Waals surface area (Å²) in [6.45, 7) is 2.32. The summed E-state index contributed by atoms with van der Waals surface area (Å²) < 4.78 is 34.9. The number of nitrogens with one attached hydrogen (secondary N) is 1. The number of benzene rings is 1. The highest BCUT2D eigenvalue weighted by molar-refractivity contribution is 7.90. The van der Waals surface area contributed by atoms with Crippen LogP contribution in [0.5, 0.6) is 5.75 Å². The average Bonchev–Trinajstić information content (AvgIpc) is 3.00. The molecule has 0 aliphatic rings. The van der Waals surface area contributed by atoms with E-state index in [0.717, 1.165) is 11.1 Å². The molecule has 0 aliphatic heterocycles. The number of aryl methyl sites for hydroxylation is 1. The maximum Gasteiger partial charge on any atom is 0.198 e. The number of rotatable bonds is 6. The molecule has 1 aromatic carbocycles. The Morgan fingerprint density at radius 3 is 2.77 bits per heavy atom. The van der Waals surface area contributed by atoms with Crippen LogP contribution in [0.1, 0.15) is 11.1 Å². The number of hydrogen-bond donors (Lipinski definition) is 1. The van der Waals surface area contributed by atoms with E-state index in [2.05, 4.69) is 10.3 Å². The molecule has 136 valence electrons. The number of ether oxygens (including phenoxy) is 1. The van der Waals surface area contributed by atoms with Gasteiger partial charge in [0.25, 0.3) is 0 Å². The first-order valence-corrected chi connectivity index (χ1v) is 9.19. The summed E-state index contributed by atoms with van der Waals surface area (Å²) >= 11 is -1.59. The van der Waals surface area contributed by atoms with Gasteiger partial charge in [0.15, 0.2) is 10.6 Å². The minimum Gasteiger partial charge on any atom is -0.587 e. The molecule has 5 nitrogen and oxygen atoms in total. The molecule has 0 bridgehead atoms. The van der Waals surface area contributed by atoms with Gasteiger partial charge >= 0.3 is 0 Å². The third kappa shape index (κ3) is 3.46. The summed E-state index contributed by atoms with van der Waals surface area (Å²) in [5.74, 6) is 0.112. The quantitative estimate of drug-likeness (QED) is 0.674. The zero-order valence-electron chi connectivity index (χ0n) is 14.8. The van der Waals surface area contributed by atoms with Gasteiger partial charge in [-0.3, -0.25) is 4.98 Å². The number of pyridine rings is 1. The van der Waals surface area contributed by atoms with E-state index in [-0.39, 0.29) is 5.82 Å². The summed E-state index contributed by atoms with van der Waals surface area (Å²) in [7, 11) is 3.34. The van der Waals surface area contributed by atoms with E-state index in [1.807, 2.05) is 13.0 Å². The van der Waals surface area contributed by atoms with Crippen molar-refractivity contribution < 1.29 is 13.7 Å². The van der Waals surface area contributed by atoms with Crippen molar-refractivity contribution in [2.75, 3.05) is 14.2 Å². The van der Waals surface area contributed by atoms with Gasteiger partial charge < -0.3 is 14.6 Å². The fourth-order valence-electron chi connectivity index (χ4n) is 2.81. The molecule has 7 heteroatoms. The molecule has 0 aliphatic carbocycles. The van der Waals surface area contributed by atoms with Gasteiger partial charge in [-0.1, -0.05) is 6.07 Å². The average molecular weight is 373 g/mol. The summed E-state index contributed by atoms with van der Waals surface area (Å²) in [5, 5.41) is 3.05. The minimum atomic E-state index is -1.59. The number of halogens is 1. The molecule has 1 N–H and O–H groups in total. The van der Waals surface area contributed by atoms with E-state index < -0.39 is 11.4 Å². The smallest absolute Gasteiger partial charge is 0.198 e. The summed E-state index contributed by atoms with van der Waals surface area (Å²) in [4.78, 5) is 4.55. The van der Waals surface area contributed by atoms with Crippen LogP contribution < -0.4 is 10.1 Å². The van der Waals surface area contributed by atoms with Crippen molar-refractivity contribution in [3.05, 3.63) is 65.9 Å². The van der Waals surface area contributed by atoms with Gasteiger partial charge in [-0.05, 0) is 43.8 Å². The van der Waals surface area contributed by atoms with Gasteiger partial charge in [-0.15, -0.1) is 0 Å². The van der Waals surface area contributed by atoms with Gasteiger partial charge in [0.05, 0.1) is 19.5 Å². The fraction of sp³-hybridized carbons (Fsp3) is 0.211. The fourth-order valence-corrected chi connectivity index (χ4v) is 3.95. The Morgan fingerprint density at radius 1 is 1.35 bits per heavy atom. The van der Waals surface area contributed by atoms with Gasteiger partial charge in [-0.25, -0.2) is 4.39 Å². The van der Waals surface area contributed by atoms with Crippen molar-refractivity contribution in [3.63, 3.8) is 0 Å². The Bertz CT molecular complexity index is 899. The molecule has 0 saturated heterocycles. The van der Waals surface area contributed by atoms with Crippen LogP contribution in [-0.4, -0.2) is 27.7 Å². The Labute approximate surface area is 155 Å². The molecular weight excluding hydrogens is 353 g/mol. The lowest BCUT2D eigenvalue weighted by atomic mass is 10.1. The second-order valence-corrected chi connectivity index (χ2v) is 7.18. The largest absolute Gasteiger partial charge is 0.587 e. The van der Waals surface area contributed by atoms with Gasteiger partial charge in [0.2, 0.25) is 0 Å². The Hall–Kier alpha value is -2.35. The van der Waals surface area contributed by atoms with Crippen LogP contribution in [0.25, 0.3) is 11.3 Å². The standard InChI is InChI=1S/C19H20FN3O2S/c1-13-6-7-16(17(20)9-13)18-19(25-3)14(10-21-2)12-23(18)26(24)15-5-4-8-22-11-15/h4-9,11-12,21H,10H2,1-3H3. The Morgan fingerprint density at radius 2 is 2.15 bits per heavy atom. The van der Waals surface area contributed by atoms with Crippen LogP contribution in [0.2, 0.25) is 0 Å². The first-order valence-electron chi connectivity index (χ1n) is 8.08. The van der Waals surface area contributed by atoms with E-state index in [1.54, 1.807) is 37.6 Å². The van der Waals surface area contributed by atoms with Crippen LogP contribution in [0.4, 0.5) is 4.39 Å². The third-order valence-electron chi connectivity index (χ3n) is 3.97. The lowest BCUT2D eigenvalue weighted by Crippen LogP contribution is -2.14. The van der Waals surface area contributed by atoms with Crippen molar-refractivity contribution in [1.82, 2.24) is 14.3 Å². The van der Waals surface area contributed by atoms with E-state index in [0.29, 0.717) is 28.4 Å². The van der Waals surface area contributed by atoms with Crippen LogP contribution in [0.3, 0.4) is 0 Å². The number of methoxy groups -OCH3 is 1. The third-order valence-corrected chi connectivity index (χ3v) is 5.26. The zero-order chi connectivity index (χ0) is 18.7. The van der Waals surface area contributed by atoms with Crippen molar-refractivity contribution in [1.29, 1.82) is 0 Å². The predicted molar refractivity (Wildman–Crippen MR) is 99.9 cm³/mol. The maximum absolute atomic E-state index is 14.7. The zero-order valence-corrected chi connectivity index (χ0v) is 15.6. The SMILES string of the molecule is CNCc1cn([S+]([O-])c2cccnc2)c(-c2ccc(C)cc2F)c1OC. The van der Waals surface area contributed by atoms with Crippen LogP contribution in [0, 0.1) is 12.7 Å². The molecule has 0 amide bonds. The van der Waals surface area contributed by atoms with Crippen molar-refractivity contribution in [3.8, 4) is 17.0 Å². The van der Waals surface area contributed by atoms with Crippen LogP contribution in [0.15, 0.2) is 53.8 Å². The molecular formula is C19H20FN3O2S. The normalized spacial score (nSPS) is 12.2. The topological polar surface area (TPSA) is 62.1 Å². The molecule has 1 atom stereocenters. The van der Waals surface area contributed by atoms with E-state index in [4.69, 9.17) is 4.74 Å². The highest BCUT2D eigenvalue weighted by Gasteiger charge is 2.28.